The van der Waals surface area contributed by atoms with Crippen LogP contribution in [0.1, 0.15) is 23.1 Å². The predicted octanol–water partition coefficient (Wildman–Crippen LogP) is 4.47. The van der Waals surface area contributed by atoms with Crippen LogP contribution < -0.4 is 5.32 Å². The lowest BCUT2D eigenvalue weighted by Crippen LogP contribution is -2.30. The van der Waals surface area contributed by atoms with Gasteiger partial charge in [-0.3, -0.25) is 9.59 Å². The molecular weight excluding hydrogens is 386 g/mol. The van der Waals surface area contributed by atoms with Crippen LogP contribution in [0, 0.1) is 19.8 Å². The van der Waals surface area contributed by atoms with E-state index >= 15 is 0 Å². The molecule has 1 aromatic heterocycles. The molecule has 0 radical (unpaired) electrons. The normalized spacial score (nSPS) is 16.6. The number of nitrogens with one attached hydrogen (secondary N) is 2. The van der Waals surface area contributed by atoms with Crippen LogP contribution in [0.4, 0.5) is 5.69 Å². The van der Waals surface area contributed by atoms with Gasteiger partial charge < -0.3 is 15.2 Å². The molecule has 2 aromatic carbocycles. The Morgan fingerprint density at radius 3 is 2.72 bits per heavy atom. The van der Waals surface area contributed by atoms with Crippen LogP contribution in [-0.2, 0) is 16.0 Å². The van der Waals surface area contributed by atoms with E-state index in [0.29, 0.717) is 18.1 Å². The molecule has 1 aliphatic heterocycles. The number of anilines is 1. The number of rotatable bonds is 5. The topological polar surface area (TPSA) is 65.2 Å². The standard InChI is InChI=1S/C23H24ClN3O2/c1-14-7-15(2)9-19(8-14)26-23(29)17-10-22(28)27(13-17)6-5-16-12-25-21-4-3-18(24)11-20(16)21/h3-4,7-9,11-12,17,25H,5-6,10,13H2,1-2H3,(H,26,29)/t17-/m0/s1. The van der Waals surface area contributed by atoms with E-state index in [1.54, 1.807) is 4.90 Å². The second kappa shape index (κ2) is 7.91. The third-order valence-corrected chi connectivity index (χ3v) is 5.69. The molecule has 0 bridgehead atoms. The zero-order valence-electron chi connectivity index (χ0n) is 16.6. The SMILES string of the molecule is Cc1cc(C)cc(NC(=O)[C@H]2CC(=O)N(CCc3c[nH]c4ccc(Cl)cc34)C2)c1. The molecule has 1 atom stereocenters. The first-order chi connectivity index (χ1) is 13.9. The number of amides is 2. The Hall–Kier alpha value is -2.79. The van der Waals surface area contributed by atoms with E-state index in [-0.39, 0.29) is 24.2 Å². The molecule has 6 heteroatoms. The van der Waals surface area contributed by atoms with Crippen molar-refractivity contribution in [3.05, 3.63) is 64.3 Å². The second-order valence-electron chi connectivity index (χ2n) is 7.86. The highest BCUT2D eigenvalue weighted by molar-refractivity contribution is 6.31. The van der Waals surface area contributed by atoms with Crippen molar-refractivity contribution in [1.82, 2.24) is 9.88 Å². The lowest BCUT2D eigenvalue weighted by atomic mass is 10.1. The number of likely N-dealkylation sites (tertiary alicyclic amines) is 1. The summed E-state index contributed by atoms with van der Waals surface area (Å²) in [7, 11) is 0. The summed E-state index contributed by atoms with van der Waals surface area (Å²) in [6.45, 7) is 5.05. The molecule has 0 unspecified atom stereocenters. The number of carbonyl (C=O) groups excluding carboxylic acids is 2. The average molecular weight is 410 g/mol. The zero-order chi connectivity index (χ0) is 20.5. The highest BCUT2D eigenvalue weighted by Gasteiger charge is 2.34. The van der Waals surface area contributed by atoms with Crippen molar-refractivity contribution in [3.8, 4) is 0 Å². The van der Waals surface area contributed by atoms with Gasteiger partial charge in [-0.15, -0.1) is 0 Å². The summed E-state index contributed by atoms with van der Waals surface area (Å²) >= 11 is 6.12. The number of carbonyl (C=O) groups is 2. The molecular formula is C23H24ClN3O2. The van der Waals surface area contributed by atoms with Gasteiger partial charge in [-0.25, -0.2) is 0 Å². The number of aryl methyl sites for hydroxylation is 2. The summed E-state index contributed by atoms with van der Waals surface area (Å²) in [5.74, 6) is -0.381. The molecule has 0 saturated carbocycles. The number of benzene rings is 2. The fourth-order valence-electron chi connectivity index (χ4n) is 4.07. The monoisotopic (exact) mass is 409 g/mol. The molecule has 3 aromatic rings. The molecule has 0 aliphatic carbocycles. The summed E-state index contributed by atoms with van der Waals surface area (Å²) in [6, 6.07) is 11.7. The number of nitrogens with zero attached hydrogens (tertiary/aromatic N) is 1. The lowest BCUT2D eigenvalue weighted by Gasteiger charge is -2.16. The van der Waals surface area contributed by atoms with Gasteiger partial charge in [-0.2, -0.15) is 0 Å². The Morgan fingerprint density at radius 1 is 1.21 bits per heavy atom. The summed E-state index contributed by atoms with van der Waals surface area (Å²) in [6.07, 6.45) is 2.94. The first-order valence-corrected chi connectivity index (χ1v) is 10.2. The number of aromatic nitrogens is 1. The van der Waals surface area contributed by atoms with Crippen molar-refractivity contribution in [2.75, 3.05) is 18.4 Å². The van der Waals surface area contributed by atoms with Gasteiger partial charge in [0.05, 0.1) is 5.92 Å². The lowest BCUT2D eigenvalue weighted by molar-refractivity contribution is -0.128. The zero-order valence-corrected chi connectivity index (χ0v) is 17.3. The van der Waals surface area contributed by atoms with E-state index in [1.807, 2.05) is 50.4 Å². The number of hydrogen-bond donors (Lipinski definition) is 2. The fourth-order valence-corrected chi connectivity index (χ4v) is 4.24. The Balaban J connectivity index is 1.38. The van der Waals surface area contributed by atoms with Crippen molar-refractivity contribution < 1.29 is 9.59 Å². The maximum Gasteiger partial charge on any atom is 0.229 e. The van der Waals surface area contributed by atoms with Crippen molar-refractivity contribution in [1.29, 1.82) is 0 Å². The van der Waals surface area contributed by atoms with Crippen LogP contribution in [0.25, 0.3) is 10.9 Å². The van der Waals surface area contributed by atoms with Gasteiger partial charge in [0.25, 0.3) is 0 Å². The van der Waals surface area contributed by atoms with E-state index in [1.165, 1.54) is 0 Å². The molecule has 2 amide bonds. The summed E-state index contributed by atoms with van der Waals surface area (Å²) in [4.78, 5) is 30.1. The van der Waals surface area contributed by atoms with Gasteiger partial charge in [0, 0.05) is 47.3 Å². The third kappa shape index (κ3) is 4.30. The number of H-pyrrole nitrogens is 1. The molecule has 1 saturated heterocycles. The van der Waals surface area contributed by atoms with Crippen molar-refractivity contribution >= 4 is 40.0 Å². The van der Waals surface area contributed by atoms with Crippen LogP contribution >= 0.6 is 11.6 Å². The van der Waals surface area contributed by atoms with Gasteiger partial charge in [0.2, 0.25) is 11.8 Å². The summed E-state index contributed by atoms with van der Waals surface area (Å²) < 4.78 is 0. The number of hydrogen-bond acceptors (Lipinski definition) is 2. The van der Waals surface area contributed by atoms with Crippen LogP contribution in [-0.4, -0.2) is 34.8 Å². The molecule has 1 fully saturated rings. The molecule has 29 heavy (non-hydrogen) atoms. The number of fused-ring (bicyclic) bond motifs is 1. The Morgan fingerprint density at radius 2 is 1.97 bits per heavy atom. The average Bonchev–Trinajstić information content (AvgIpc) is 3.22. The highest BCUT2D eigenvalue weighted by atomic mass is 35.5. The largest absolute Gasteiger partial charge is 0.361 e. The predicted molar refractivity (Wildman–Crippen MR) is 116 cm³/mol. The minimum absolute atomic E-state index is 0.0310. The molecule has 2 N–H and O–H groups in total. The van der Waals surface area contributed by atoms with Gasteiger partial charge in [-0.05, 0) is 67.3 Å². The van der Waals surface area contributed by atoms with Gasteiger partial charge in [0.1, 0.15) is 0 Å². The molecule has 1 aliphatic rings. The summed E-state index contributed by atoms with van der Waals surface area (Å²) in [5.41, 5.74) is 5.14. The van der Waals surface area contributed by atoms with Crippen molar-refractivity contribution in [3.63, 3.8) is 0 Å². The van der Waals surface area contributed by atoms with Gasteiger partial charge in [0.15, 0.2) is 0 Å². The van der Waals surface area contributed by atoms with Crippen LogP contribution in [0.3, 0.4) is 0 Å². The van der Waals surface area contributed by atoms with E-state index in [2.05, 4.69) is 16.4 Å². The number of halogens is 1. The first kappa shape index (κ1) is 19.5. The fraction of sp³-hybridized carbons (Fsp3) is 0.304. The molecule has 4 rings (SSSR count). The van der Waals surface area contributed by atoms with E-state index in [9.17, 15) is 9.59 Å². The Kier molecular flexibility index (Phi) is 5.33. The maximum atomic E-state index is 12.7. The highest BCUT2D eigenvalue weighted by Crippen LogP contribution is 2.25. The first-order valence-electron chi connectivity index (χ1n) is 9.81. The second-order valence-corrected chi connectivity index (χ2v) is 8.30. The van der Waals surface area contributed by atoms with Crippen LogP contribution in [0.2, 0.25) is 5.02 Å². The van der Waals surface area contributed by atoms with Crippen molar-refractivity contribution in [2.24, 2.45) is 5.92 Å². The van der Waals surface area contributed by atoms with Crippen LogP contribution in [0.15, 0.2) is 42.6 Å². The van der Waals surface area contributed by atoms with E-state index < -0.39 is 0 Å². The van der Waals surface area contributed by atoms with Gasteiger partial charge in [-0.1, -0.05) is 17.7 Å². The molecule has 150 valence electrons. The Labute approximate surface area is 175 Å². The van der Waals surface area contributed by atoms with Crippen LogP contribution in [0.5, 0.6) is 0 Å². The maximum absolute atomic E-state index is 12.7. The molecule has 2 heterocycles. The third-order valence-electron chi connectivity index (χ3n) is 5.46. The minimum Gasteiger partial charge on any atom is -0.361 e. The van der Waals surface area contributed by atoms with E-state index in [0.717, 1.165) is 39.7 Å². The minimum atomic E-state index is -0.319. The quantitative estimate of drug-likeness (QED) is 0.653. The summed E-state index contributed by atoms with van der Waals surface area (Å²) in [5, 5.41) is 4.74. The van der Waals surface area contributed by atoms with E-state index in [4.69, 9.17) is 11.6 Å². The van der Waals surface area contributed by atoms with Gasteiger partial charge >= 0.3 is 0 Å². The Bertz CT molecular complexity index is 1070. The van der Waals surface area contributed by atoms with Crippen molar-refractivity contribution in [2.45, 2.75) is 26.7 Å². The smallest absolute Gasteiger partial charge is 0.229 e. The molecule has 5 nitrogen and oxygen atoms in total. The number of aromatic amines is 1. The molecule has 0 spiro atoms.